The molecule has 0 aliphatic heterocycles. The van der Waals surface area contributed by atoms with Crippen molar-refractivity contribution in [3.05, 3.63) is 52.7 Å². The highest BCUT2D eigenvalue weighted by atomic mass is 32.1. The summed E-state index contributed by atoms with van der Waals surface area (Å²) in [6.07, 6.45) is -0.577. The molecule has 0 saturated heterocycles. The first-order valence-electron chi connectivity index (χ1n) is 7.52. The van der Waals surface area contributed by atoms with Gasteiger partial charge in [0.05, 0.1) is 11.5 Å². The number of hydrogen-bond donors (Lipinski definition) is 2. The van der Waals surface area contributed by atoms with Crippen LogP contribution >= 0.6 is 22.7 Å². The van der Waals surface area contributed by atoms with E-state index < -0.39 is 6.09 Å². The smallest absolute Gasteiger partial charge is 0.413 e. The van der Waals surface area contributed by atoms with E-state index in [-0.39, 0.29) is 12.5 Å². The largest absolute Gasteiger partial charge is 0.450 e. The summed E-state index contributed by atoms with van der Waals surface area (Å²) < 4.78 is 4.87. The van der Waals surface area contributed by atoms with Gasteiger partial charge in [0.1, 0.15) is 10.7 Å². The molecule has 0 unspecified atom stereocenters. The van der Waals surface area contributed by atoms with E-state index in [1.165, 1.54) is 22.7 Å². The minimum atomic E-state index is -0.577. The van der Waals surface area contributed by atoms with Crippen molar-refractivity contribution >= 4 is 44.8 Å². The van der Waals surface area contributed by atoms with Crippen molar-refractivity contribution in [2.45, 2.75) is 6.92 Å². The minimum Gasteiger partial charge on any atom is -0.450 e. The fourth-order valence-electron chi connectivity index (χ4n) is 2.08. The highest BCUT2D eigenvalue weighted by Crippen LogP contribution is 2.36. The quantitative estimate of drug-likeness (QED) is 0.680. The fraction of sp³-hybridized carbons (Fsp3) is 0.118. The molecule has 2 N–H and O–H groups in total. The molecule has 128 valence electrons. The number of anilines is 2. The molecule has 0 aliphatic rings. The number of benzene rings is 1. The molecule has 8 heteroatoms. The van der Waals surface area contributed by atoms with Crippen LogP contribution in [-0.4, -0.2) is 23.6 Å². The van der Waals surface area contributed by atoms with Crippen LogP contribution < -0.4 is 10.6 Å². The first-order valence-corrected chi connectivity index (χ1v) is 9.22. The molecule has 0 bridgehead atoms. The lowest BCUT2D eigenvalue weighted by molar-refractivity contribution is 0.103. The SMILES string of the molecule is CCOC(=O)Nc1nc(-c2ccccc2)c(NC(=O)c2cccs2)s1. The van der Waals surface area contributed by atoms with Crippen molar-refractivity contribution in [3.8, 4) is 11.3 Å². The van der Waals surface area contributed by atoms with E-state index in [2.05, 4.69) is 15.6 Å². The molecule has 0 fully saturated rings. The van der Waals surface area contributed by atoms with E-state index in [1.54, 1.807) is 13.0 Å². The standard InChI is InChI=1S/C17H15N3O3S2/c1-2-23-17(22)20-16-18-13(11-7-4-3-5-8-11)15(25-16)19-14(21)12-9-6-10-24-12/h3-10H,2H2,1H3,(H,19,21)(H,18,20,22). The maximum Gasteiger partial charge on any atom is 0.413 e. The molecule has 2 amide bonds. The van der Waals surface area contributed by atoms with E-state index in [0.717, 1.165) is 5.56 Å². The number of amides is 2. The Balaban J connectivity index is 1.90. The van der Waals surface area contributed by atoms with Crippen LogP contribution in [0.15, 0.2) is 47.8 Å². The molecule has 0 saturated carbocycles. The minimum absolute atomic E-state index is 0.210. The van der Waals surface area contributed by atoms with Crippen LogP contribution in [0.25, 0.3) is 11.3 Å². The number of rotatable bonds is 5. The normalized spacial score (nSPS) is 10.3. The van der Waals surface area contributed by atoms with E-state index >= 15 is 0 Å². The van der Waals surface area contributed by atoms with Gasteiger partial charge in [0.15, 0.2) is 5.13 Å². The van der Waals surface area contributed by atoms with Crippen LogP contribution in [0.5, 0.6) is 0 Å². The number of carbonyl (C=O) groups is 2. The van der Waals surface area contributed by atoms with Crippen LogP contribution in [0, 0.1) is 0 Å². The van der Waals surface area contributed by atoms with Gasteiger partial charge >= 0.3 is 6.09 Å². The first kappa shape index (κ1) is 17.1. The predicted molar refractivity (Wildman–Crippen MR) is 100 cm³/mol. The second-order valence-electron chi connectivity index (χ2n) is 4.84. The second kappa shape index (κ2) is 7.91. The molecule has 6 nitrogen and oxygen atoms in total. The first-order chi connectivity index (χ1) is 12.2. The van der Waals surface area contributed by atoms with Crippen LogP contribution in [-0.2, 0) is 4.74 Å². The topological polar surface area (TPSA) is 80.3 Å². The van der Waals surface area contributed by atoms with E-state index in [0.29, 0.717) is 20.7 Å². The van der Waals surface area contributed by atoms with Gasteiger partial charge in [0.2, 0.25) is 0 Å². The molecule has 0 aliphatic carbocycles. The van der Waals surface area contributed by atoms with Crippen molar-refractivity contribution in [2.24, 2.45) is 0 Å². The Morgan fingerprint density at radius 3 is 2.60 bits per heavy atom. The van der Waals surface area contributed by atoms with Crippen LogP contribution in [0.2, 0.25) is 0 Å². The summed E-state index contributed by atoms with van der Waals surface area (Å²) in [6.45, 7) is 1.99. The number of thiazole rings is 1. The van der Waals surface area contributed by atoms with E-state index in [1.807, 2.05) is 41.8 Å². The maximum atomic E-state index is 12.4. The van der Waals surface area contributed by atoms with Crippen LogP contribution in [0.4, 0.5) is 14.9 Å². The van der Waals surface area contributed by atoms with Gasteiger partial charge in [-0.2, -0.15) is 0 Å². The molecule has 2 aromatic heterocycles. The average Bonchev–Trinajstić information content (AvgIpc) is 3.26. The lowest BCUT2D eigenvalue weighted by atomic mass is 10.2. The van der Waals surface area contributed by atoms with Gasteiger partial charge < -0.3 is 10.1 Å². The van der Waals surface area contributed by atoms with Gasteiger partial charge in [-0.1, -0.05) is 47.7 Å². The van der Waals surface area contributed by atoms with Crippen LogP contribution in [0.1, 0.15) is 16.6 Å². The number of nitrogens with one attached hydrogen (secondary N) is 2. The highest BCUT2D eigenvalue weighted by molar-refractivity contribution is 7.20. The number of nitrogens with zero attached hydrogens (tertiary/aromatic N) is 1. The van der Waals surface area contributed by atoms with Crippen molar-refractivity contribution in [1.29, 1.82) is 0 Å². The summed E-state index contributed by atoms with van der Waals surface area (Å²) in [5.41, 5.74) is 1.44. The molecule has 2 heterocycles. The number of aromatic nitrogens is 1. The predicted octanol–water partition coefficient (Wildman–Crippen LogP) is 4.69. The Kier molecular flexibility index (Phi) is 5.42. The lowest BCUT2D eigenvalue weighted by Gasteiger charge is -2.03. The lowest BCUT2D eigenvalue weighted by Crippen LogP contribution is -2.12. The summed E-state index contributed by atoms with van der Waals surface area (Å²) in [4.78, 5) is 29.0. The summed E-state index contributed by atoms with van der Waals surface area (Å²) in [5.74, 6) is -0.210. The zero-order valence-electron chi connectivity index (χ0n) is 13.3. The molecule has 0 radical (unpaired) electrons. The summed E-state index contributed by atoms with van der Waals surface area (Å²) >= 11 is 2.54. The number of ether oxygens (including phenoxy) is 1. The fourth-order valence-corrected chi connectivity index (χ4v) is 3.56. The molecule has 3 aromatic rings. The second-order valence-corrected chi connectivity index (χ2v) is 6.79. The molecular formula is C17H15N3O3S2. The van der Waals surface area contributed by atoms with Gasteiger partial charge in [-0.15, -0.1) is 11.3 Å². The van der Waals surface area contributed by atoms with Crippen molar-refractivity contribution in [2.75, 3.05) is 17.2 Å². The third kappa shape index (κ3) is 4.23. The van der Waals surface area contributed by atoms with Gasteiger partial charge in [-0.05, 0) is 18.4 Å². The van der Waals surface area contributed by atoms with Gasteiger partial charge in [-0.3, -0.25) is 10.1 Å². The van der Waals surface area contributed by atoms with Crippen molar-refractivity contribution < 1.29 is 14.3 Å². The summed E-state index contributed by atoms with van der Waals surface area (Å²) in [5, 5.41) is 8.22. The zero-order chi connectivity index (χ0) is 17.6. The molecule has 1 aromatic carbocycles. The van der Waals surface area contributed by atoms with Gasteiger partial charge in [0.25, 0.3) is 5.91 Å². The van der Waals surface area contributed by atoms with Gasteiger partial charge in [0, 0.05) is 5.56 Å². The highest BCUT2D eigenvalue weighted by Gasteiger charge is 2.18. The van der Waals surface area contributed by atoms with Gasteiger partial charge in [-0.25, -0.2) is 9.78 Å². The molecule has 0 atom stereocenters. The molecule has 0 spiro atoms. The molecule has 3 rings (SSSR count). The number of hydrogen-bond acceptors (Lipinski definition) is 6. The Labute approximate surface area is 152 Å². The Morgan fingerprint density at radius 2 is 1.92 bits per heavy atom. The summed E-state index contributed by atoms with van der Waals surface area (Å²) in [6, 6.07) is 13.0. The maximum absolute atomic E-state index is 12.4. The van der Waals surface area contributed by atoms with Crippen molar-refractivity contribution in [1.82, 2.24) is 4.98 Å². The Morgan fingerprint density at radius 1 is 1.12 bits per heavy atom. The number of carbonyl (C=O) groups excluding carboxylic acids is 2. The number of thiophene rings is 1. The molecular weight excluding hydrogens is 358 g/mol. The third-order valence-electron chi connectivity index (χ3n) is 3.13. The molecule has 25 heavy (non-hydrogen) atoms. The monoisotopic (exact) mass is 373 g/mol. The van der Waals surface area contributed by atoms with Crippen molar-refractivity contribution in [3.63, 3.8) is 0 Å². The van der Waals surface area contributed by atoms with E-state index in [9.17, 15) is 9.59 Å². The average molecular weight is 373 g/mol. The zero-order valence-corrected chi connectivity index (χ0v) is 14.9. The Bertz CT molecular complexity index is 861. The summed E-state index contributed by atoms with van der Waals surface area (Å²) in [7, 11) is 0. The van der Waals surface area contributed by atoms with E-state index in [4.69, 9.17) is 4.74 Å². The Hall–Kier alpha value is -2.71. The third-order valence-corrected chi connectivity index (χ3v) is 4.89. The van der Waals surface area contributed by atoms with Crippen LogP contribution in [0.3, 0.4) is 0 Å².